The van der Waals surface area contributed by atoms with Gasteiger partial charge in [-0.3, -0.25) is 14.5 Å². The van der Waals surface area contributed by atoms with E-state index < -0.39 is 0 Å². The summed E-state index contributed by atoms with van der Waals surface area (Å²) in [5.41, 5.74) is 1.52. The van der Waals surface area contributed by atoms with Crippen LogP contribution in [-0.2, 0) is 9.59 Å². The van der Waals surface area contributed by atoms with Crippen LogP contribution in [0.4, 0.5) is 10.1 Å². The second-order valence-corrected chi connectivity index (χ2v) is 9.22. The molecule has 0 bridgehead atoms. The average Bonchev–Trinajstić information content (AvgIpc) is 2.45. The molecule has 1 aromatic carbocycles. The minimum absolute atomic E-state index is 0.00849. The number of anilines is 1. The summed E-state index contributed by atoms with van der Waals surface area (Å²) < 4.78 is 13.4. The number of hydrogen-bond acceptors (Lipinski definition) is 3. The van der Waals surface area contributed by atoms with Gasteiger partial charge in [-0.2, -0.15) is 0 Å². The third-order valence-corrected chi connectivity index (χ3v) is 6.42. The number of nitrogens with zero attached hydrogens (tertiary/aromatic N) is 1. The Hall–Kier alpha value is -1.95. The zero-order chi connectivity index (χ0) is 19.2. The van der Waals surface area contributed by atoms with Crippen LogP contribution in [0.3, 0.4) is 0 Å². The molecular formula is C21H28FN3O2. The fourth-order valence-electron chi connectivity index (χ4n) is 4.91. The Morgan fingerprint density at radius 2 is 1.93 bits per heavy atom. The lowest BCUT2D eigenvalue weighted by Crippen LogP contribution is -2.65. The fourth-order valence-corrected chi connectivity index (χ4v) is 4.91. The van der Waals surface area contributed by atoms with E-state index in [0.717, 1.165) is 44.3 Å². The number of carbonyl (C=O) groups excluding carboxylic acids is 2. The number of likely N-dealkylation sites (tertiary alicyclic amines) is 1. The Balaban J connectivity index is 1.20. The Morgan fingerprint density at radius 3 is 2.52 bits per heavy atom. The van der Waals surface area contributed by atoms with Crippen LogP contribution in [0, 0.1) is 24.1 Å². The summed E-state index contributed by atoms with van der Waals surface area (Å²) in [4.78, 5) is 26.7. The van der Waals surface area contributed by atoms with Crippen LogP contribution in [0.15, 0.2) is 18.2 Å². The molecule has 0 atom stereocenters. The highest BCUT2D eigenvalue weighted by atomic mass is 19.1. The molecule has 2 N–H and O–H groups in total. The van der Waals surface area contributed by atoms with E-state index in [-0.39, 0.29) is 34.5 Å². The summed E-state index contributed by atoms with van der Waals surface area (Å²) in [6.07, 6.45) is 5.04. The molecule has 3 aliphatic rings. The number of carbonyl (C=O) groups is 2. The van der Waals surface area contributed by atoms with Gasteiger partial charge in [-0.15, -0.1) is 0 Å². The molecule has 0 radical (unpaired) electrons. The minimum atomic E-state index is -0.334. The van der Waals surface area contributed by atoms with Gasteiger partial charge in [0.15, 0.2) is 0 Å². The van der Waals surface area contributed by atoms with Crippen molar-refractivity contribution < 1.29 is 14.0 Å². The zero-order valence-electron chi connectivity index (χ0n) is 16.1. The molecule has 2 aliphatic carbocycles. The Labute approximate surface area is 159 Å². The number of rotatable bonds is 5. The van der Waals surface area contributed by atoms with Crippen molar-refractivity contribution in [2.75, 3.05) is 25.0 Å². The first-order chi connectivity index (χ1) is 12.7. The molecule has 6 heteroatoms. The maximum Gasteiger partial charge on any atom is 0.234 e. The van der Waals surface area contributed by atoms with Crippen molar-refractivity contribution in [3.8, 4) is 0 Å². The van der Waals surface area contributed by atoms with Crippen molar-refractivity contribution in [3.05, 3.63) is 29.6 Å². The van der Waals surface area contributed by atoms with Crippen LogP contribution < -0.4 is 10.6 Å². The maximum atomic E-state index is 13.4. The largest absolute Gasteiger partial charge is 0.350 e. The number of aryl methyl sites for hydroxylation is 1. The maximum absolute atomic E-state index is 13.4. The first-order valence-corrected chi connectivity index (χ1v) is 9.86. The van der Waals surface area contributed by atoms with E-state index in [4.69, 9.17) is 0 Å². The van der Waals surface area contributed by atoms with Crippen molar-refractivity contribution in [2.24, 2.45) is 11.3 Å². The van der Waals surface area contributed by atoms with Crippen molar-refractivity contribution in [2.45, 2.75) is 51.5 Å². The van der Waals surface area contributed by atoms with Gasteiger partial charge < -0.3 is 10.6 Å². The Morgan fingerprint density at radius 1 is 1.22 bits per heavy atom. The standard InChI is InChI=1S/C21H28FN3O2/c1-14-6-16(22)8-17(7-14)23-19(27)15-9-21(10-15)12-25(13-21)11-18(26)24-20(2)4-3-5-20/h6-8,15H,3-5,9-13H2,1-2H3,(H,23,27)(H,24,26). The van der Waals surface area contributed by atoms with E-state index in [1.54, 1.807) is 6.07 Å². The highest BCUT2D eigenvalue weighted by molar-refractivity contribution is 5.93. The monoisotopic (exact) mass is 373 g/mol. The van der Waals surface area contributed by atoms with Gasteiger partial charge in [0.05, 0.1) is 6.54 Å². The molecule has 2 amide bonds. The molecule has 0 unspecified atom stereocenters. The number of halogens is 1. The molecule has 1 heterocycles. The van der Waals surface area contributed by atoms with Crippen molar-refractivity contribution in [1.82, 2.24) is 10.2 Å². The van der Waals surface area contributed by atoms with Gasteiger partial charge in [-0.05, 0) is 75.1 Å². The first kappa shape index (κ1) is 18.4. The van der Waals surface area contributed by atoms with Crippen molar-refractivity contribution in [1.29, 1.82) is 0 Å². The lowest BCUT2D eigenvalue weighted by atomic mass is 9.57. The van der Waals surface area contributed by atoms with Crippen molar-refractivity contribution >= 4 is 17.5 Å². The molecule has 1 aromatic rings. The molecule has 0 aromatic heterocycles. The highest BCUT2D eigenvalue weighted by Gasteiger charge is 2.54. The predicted octanol–water partition coefficient (Wildman–Crippen LogP) is 2.84. The first-order valence-electron chi connectivity index (χ1n) is 9.86. The summed E-state index contributed by atoms with van der Waals surface area (Å²) in [6, 6.07) is 4.58. The molecule has 1 spiro atoms. The summed E-state index contributed by atoms with van der Waals surface area (Å²) in [5.74, 6) is -0.264. The molecule has 146 valence electrons. The van der Waals surface area contributed by atoms with Crippen LogP contribution in [0.2, 0.25) is 0 Å². The van der Waals surface area contributed by atoms with Crippen LogP contribution in [0.5, 0.6) is 0 Å². The van der Waals surface area contributed by atoms with Crippen LogP contribution in [0.1, 0.15) is 44.6 Å². The SMILES string of the molecule is Cc1cc(F)cc(NC(=O)C2CC3(C2)CN(CC(=O)NC2(C)CCC2)C3)c1. The molecule has 3 fully saturated rings. The Kier molecular flexibility index (Phi) is 4.49. The topological polar surface area (TPSA) is 61.4 Å². The predicted molar refractivity (Wildman–Crippen MR) is 102 cm³/mol. The van der Waals surface area contributed by atoms with E-state index in [0.29, 0.717) is 12.2 Å². The third kappa shape index (κ3) is 3.86. The van der Waals surface area contributed by atoms with Crippen LogP contribution in [0.25, 0.3) is 0 Å². The van der Waals surface area contributed by atoms with Gasteiger partial charge in [0.1, 0.15) is 5.82 Å². The molecular weight excluding hydrogens is 345 g/mol. The average molecular weight is 373 g/mol. The number of amides is 2. The smallest absolute Gasteiger partial charge is 0.234 e. The van der Waals surface area contributed by atoms with E-state index in [1.165, 1.54) is 18.6 Å². The molecule has 1 saturated heterocycles. The van der Waals surface area contributed by atoms with E-state index in [9.17, 15) is 14.0 Å². The second-order valence-electron chi connectivity index (χ2n) is 9.22. The van der Waals surface area contributed by atoms with Gasteiger partial charge in [0.25, 0.3) is 0 Å². The molecule has 5 nitrogen and oxygen atoms in total. The zero-order valence-corrected chi connectivity index (χ0v) is 16.1. The molecule has 2 saturated carbocycles. The van der Waals surface area contributed by atoms with Crippen LogP contribution >= 0.6 is 0 Å². The fraction of sp³-hybridized carbons (Fsp3) is 0.619. The van der Waals surface area contributed by atoms with Gasteiger partial charge in [0.2, 0.25) is 11.8 Å². The van der Waals surface area contributed by atoms with Gasteiger partial charge in [0, 0.05) is 30.2 Å². The number of benzene rings is 1. The quantitative estimate of drug-likeness (QED) is 0.834. The molecule has 4 rings (SSSR count). The van der Waals surface area contributed by atoms with E-state index >= 15 is 0 Å². The molecule has 27 heavy (non-hydrogen) atoms. The minimum Gasteiger partial charge on any atom is -0.350 e. The van der Waals surface area contributed by atoms with E-state index in [2.05, 4.69) is 22.5 Å². The lowest BCUT2D eigenvalue weighted by molar-refractivity contribution is -0.145. The third-order valence-electron chi connectivity index (χ3n) is 6.42. The summed E-state index contributed by atoms with van der Waals surface area (Å²) in [7, 11) is 0. The highest BCUT2D eigenvalue weighted by Crippen LogP contribution is 2.52. The Bertz CT molecular complexity index is 740. The van der Waals surface area contributed by atoms with Gasteiger partial charge in [-0.1, -0.05) is 0 Å². The number of nitrogens with one attached hydrogen (secondary N) is 2. The van der Waals surface area contributed by atoms with Gasteiger partial charge in [-0.25, -0.2) is 4.39 Å². The van der Waals surface area contributed by atoms with E-state index in [1.807, 2.05) is 6.92 Å². The van der Waals surface area contributed by atoms with Crippen LogP contribution in [-0.4, -0.2) is 41.9 Å². The number of hydrogen-bond donors (Lipinski definition) is 2. The normalized spacial score (nSPS) is 23.1. The van der Waals surface area contributed by atoms with Crippen molar-refractivity contribution in [3.63, 3.8) is 0 Å². The van der Waals surface area contributed by atoms with Gasteiger partial charge >= 0.3 is 0 Å². The molecule has 1 aliphatic heterocycles. The second kappa shape index (κ2) is 6.59. The summed E-state index contributed by atoms with van der Waals surface area (Å²) in [5, 5.41) is 5.98. The lowest BCUT2D eigenvalue weighted by Gasteiger charge is -2.58. The summed E-state index contributed by atoms with van der Waals surface area (Å²) in [6.45, 7) is 6.15. The summed E-state index contributed by atoms with van der Waals surface area (Å²) >= 11 is 0.